The molecule has 0 N–H and O–H groups in total. The van der Waals surface area contributed by atoms with E-state index in [1.54, 1.807) is 47.6 Å². The van der Waals surface area contributed by atoms with Gasteiger partial charge in [-0.1, -0.05) is 0 Å². The summed E-state index contributed by atoms with van der Waals surface area (Å²) in [6, 6.07) is 11.3. The van der Waals surface area contributed by atoms with Gasteiger partial charge in [-0.3, -0.25) is 0 Å². The molecule has 0 aliphatic carbocycles. The molecule has 50 heavy (non-hydrogen) atoms. The van der Waals surface area contributed by atoms with E-state index in [-0.39, 0.29) is 39.0 Å². The van der Waals surface area contributed by atoms with Gasteiger partial charge < -0.3 is 0 Å². The summed E-state index contributed by atoms with van der Waals surface area (Å²) in [5.41, 5.74) is -7.36. The third kappa shape index (κ3) is 11.1. The first-order chi connectivity index (χ1) is 22.9. The molecular formula is C31H41F3IN5O9S. The van der Waals surface area contributed by atoms with E-state index < -0.39 is 59.2 Å². The molecule has 1 heterocycles. The van der Waals surface area contributed by atoms with Crippen LogP contribution >= 0.6 is 20.2 Å². The number of nitrogens with zero attached hydrogens (tertiary/aromatic N) is 5. The molecule has 278 valence electrons. The van der Waals surface area contributed by atoms with E-state index in [1.807, 2.05) is 0 Å². The summed E-state index contributed by atoms with van der Waals surface area (Å²) in [6.45, 7) is 9.20. The first kappa shape index (κ1) is 40.6. The Labute approximate surface area is 297 Å². The van der Waals surface area contributed by atoms with E-state index in [0.29, 0.717) is 11.3 Å². The first-order valence-electron chi connectivity index (χ1n) is 14.9. The molecule has 2 aromatic carbocycles. The van der Waals surface area contributed by atoms with Gasteiger partial charge in [0.1, 0.15) is 0 Å². The van der Waals surface area contributed by atoms with Crippen LogP contribution in [0.5, 0.6) is 5.75 Å². The van der Waals surface area contributed by atoms with Crippen molar-refractivity contribution in [1.82, 2.24) is 19.6 Å². The quantitative estimate of drug-likeness (QED) is 0.135. The number of guanidine groups is 1. The zero-order valence-corrected chi connectivity index (χ0v) is 32.0. The maximum atomic E-state index is 13.9. The molecule has 14 nitrogen and oxygen atoms in total. The van der Waals surface area contributed by atoms with Gasteiger partial charge in [-0.15, -0.1) is 0 Å². The number of carbonyl (C=O) groups excluding carboxylic acids is 3. The Morgan fingerprint density at radius 1 is 0.900 bits per heavy atom. The van der Waals surface area contributed by atoms with Gasteiger partial charge >= 0.3 is 298 Å². The monoisotopic (exact) mass is 843 g/mol. The summed E-state index contributed by atoms with van der Waals surface area (Å²) < 4.78 is 86.6. The molecule has 1 aliphatic heterocycles. The predicted molar refractivity (Wildman–Crippen MR) is 185 cm³/mol. The Kier molecular flexibility index (Phi) is 12.6. The van der Waals surface area contributed by atoms with E-state index in [2.05, 4.69) is 4.99 Å². The number of amides is 4. The predicted octanol–water partition coefficient (Wildman–Crippen LogP) is 6.26. The van der Waals surface area contributed by atoms with Gasteiger partial charge in [-0.2, -0.15) is 0 Å². The van der Waals surface area contributed by atoms with Crippen LogP contribution in [0.3, 0.4) is 0 Å². The second kappa shape index (κ2) is 15.6. The fourth-order valence-corrected chi connectivity index (χ4v) is 10.8. The van der Waals surface area contributed by atoms with E-state index in [0.717, 1.165) is 4.90 Å². The van der Waals surface area contributed by atoms with E-state index >= 15 is 0 Å². The number of halogens is 4. The van der Waals surface area contributed by atoms with Crippen molar-refractivity contribution in [2.24, 2.45) is 4.99 Å². The van der Waals surface area contributed by atoms with Gasteiger partial charge in [0.25, 0.3) is 0 Å². The zero-order valence-electron chi connectivity index (χ0n) is 29.1. The number of alkyl halides is 3. The molecular weight excluding hydrogens is 802 g/mol. The fraction of sp³-hybridized carbons (Fsp3) is 0.484. The van der Waals surface area contributed by atoms with Crippen LogP contribution in [0.4, 0.5) is 27.6 Å². The number of methoxy groups -OCH3 is 1. The Hall–Kier alpha value is -3.85. The molecule has 0 radical (unpaired) electrons. The van der Waals surface area contributed by atoms with Crippen molar-refractivity contribution in [2.45, 2.75) is 64.8 Å². The number of benzene rings is 2. The van der Waals surface area contributed by atoms with E-state index in [4.69, 9.17) is 16.7 Å². The molecule has 19 heteroatoms. The Balaban J connectivity index is 2.18. The summed E-state index contributed by atoms with van der Waals surface area (Å²) in [7, 11) is -1.59. The van der Waals surface area contributed by atoms with Crippen LogP contribution in [0.2, 0.25) is 0 Å². The van der Waals surface area contributed by atoms with Gasteiger partial charge in [-0.25, -0.2) is 0 Å². The molecule has 0 atom stereocenters. The first-order valence-corrected chi connectivity index (χ1v) is 19.3. The summed E-state index contributed by atoms with van der Waals surface area (Å²) in [6.07, 6.45) is -2.00. The molecule has 2 aromatic rings. The number of ether oxygens (including phenoxy) is 3. The van der Waals surface area contributed by atoms with Crippen molar-refractivity contribution in [3.05, 3.63) is 61.2 Å². The molecule has 0 aromatic heterocycles. The molecule has 0 saturated carbocycles. The number of rotatable bonds is 7. The average molecular weight is 844 g/mol. The van der Waals surface area contributed by atoms with Crippen LogP contribution in [0.25, 0.3) is 0 Å². The SMILES string of the molecule is COc1ccc(I(OS(=O)(=O)C(F)(F)F)c2cccc(CN(C(=O)OC(C)(C)C)/C(=N/C(=O)OC(C)(C)C)N3CN(C)C(=O)N(C)C3)c2)cc1. The molecule has 1 fully saturated rings. The van der Waals surface area contributed by atoms with Gasteiger partial charge in [0.2, 0.25) is 0 Å². The van der Waals surface area contributed by atoms with E-state index in [1.165, 1.54) is 78.4 Å². The van der Waals surface area contributed by atoms with Crippen LogP contribution in [0, 0.1) is 7.14 Å². The molecule has 0 unspecified atom stereocenters. The summed E-state index contributed by atoms with van der Waals surface area (Å²) in [5.74, 6) is 0.143. The molecule has 1 aliphatic rings. The summed E-state index contributed by atoms with van der Waals surface area (Å²) >= 11 is -3.87. The van der Waals surface area contributed by atoms with Crippen LogP contribution in [0.15, 0.2) is 53.5 Å². The summed E-state index contributed by atoms with van der Waals surface area (Å²) in [5, 5.41) is 0. The summed E-state index contributed by atoms with van der Waals surface area (Å²) in [4.78, 5) is 48.8. The molecule has 0 spiro atoms. The van der Waals surface area contributed by atoms with Crippen LogP contribution in [-0.4, -0.2) is 103 Å². The van der Waals surface area contributed by atoms with Crippen LogP contribution in [-0.2, 0) is 28.6 Å². The van der Waals surface area contributed by atoms with Crippen LogP contribution < -0.4 is 4.74 Å². The Morgan fingerprint density at radius 2 is 1.46 bits per heavy atom. The second-order valence-corrected chi connectivity index (χ2v) is 19.4. The standard InChI is InChI=1S/C31H41F3IN5O9S/c1-29(2,3)47-26(41)36-25(39-19-37(7)27(42)38(8)20-39)40(28(43)48-30(4,5)6)18-21-11-10-12-23(17-21)35(49-50(44,45)31(32,33)34)22-13-15-24(46-9)16-14-22/h10-17H,18-20H2,1-9H3/b36-25+. The minimum absolute atomic E-state index is 0.0966. The van der Waals surface area contributed by atoms with Crippen molar-refractivity contribution in [2.75, 3.05) is 34.5 Å². The fourth-order valence-electron chi connectivity index (χ4n) is 4.23. The van der Waals surface area contributed by atoms with E-state index in [9.17, 15) is 36.0 Å². The van der Waals surface area contributed by atoms with Gasteiger partial charge in [0, 0.05) is 0 Å². The third-order valence-electron chi connectivity index (χ3n) is 6.25. The molecule has 0 bridgehead atoms. The average Bonchev–Trinajstić information content (AvgIpc) is 2.98. The second-order valence-electron chi connectivity index (χ2n) is 13.0. The van der Waals surface area contributed by atoms with Crippen molar-refractivity contribution in [3.63, 3.8) is 0 Å². The van der Waals surface area contributed by atoms with Crippen molar-refractivity contribution in [1.29, 1.82) is 0 Å². The third-order valence-corrected chi connectivity index (χ3v) is 13.3. The van der Waals surface area contributed by atoms with Gasteiger partial charge in [0.15, 0.2) is 0 Å². The normalized spacial score (nSPS) is 15.1. The maximum absolute atomic E-state index is 13.9. The molecule has 3 rings (SSSR count). The van der Waals surface area contributed by atoms with Crippen molar-refractivity contribution < 1.29 is 52.7 Å². The van der Waals surface area contributed by atoms with Gasteiger partial charge in [-0.05, 0) is 0 Å². The molecule has 1 saturated heterocycles. The number of carbonyl (C=O) groups is 3. The van der Waals surface area contributed by atoms with Crippen molar-refractivity contribution in [3.8, 4) is 5.75 Å². The van der Waals surface area contributed by atoms with Crippen molar-refractivity contribution >= 4 is 54.5 Å². The number of hydrogen-bond acceptors (Lipinski definition) is 9. The molecule has 4 amide bonds. The number of hydrogen-bond donors (Lipinski definition) is 0. The van der Waals surface area contributed by atoms with Gasteiger partial charge in [0.05, 0.1) is 0 Å². The number of urea groups is 1. The zero-order chi connectivity index (χ0) is 37.8. The van der Waals surface area contributed by atoms with Crippen LogP contribution in [0.1, 0.15) is 47.1 Å². The number of aliphatic imine (C=N–C) groups is 1. The Bertz CT molecular complexity index is 1680. The minimum atomic E-state index is -6.01. The topological polar surface area (TPSA) is 148 Å². The Morgan fingerprint density at radius 3 is 1.96 bits per heavy atom.